The number of nitrogens with two attached hydrogens (primary N) is 1. The third-order valence-electron chi connectivity index (χ3n) is 2.32. The number of hydrogen-bond donors (Lipinski definition) is 3. The summed E-state index contributed by atoms with van der Waals surface area (Å²) in [4.78, 5) is 14.7. The summed E-state index contributed by atoms with van der Waals surface area (Å²) in [5, 5.41) is 8.89. The maximum atomic E-state index is 13.2. The minimum Gasteiger partial charge on any atom is -0.388 e. The first-order valence-corrected chi connectivity index (χ1v) is 6.13. The Morgan fingerprint density at radius 2 is 2.47 bits per heavy atom. The molecule has 0 spiro atoms. The van der Waals surface area contributed by atoms with Crippen molar-refractivity contribution >= 4 is 17.0 Å². The third-order valence-corrected chi connectivity index (χ3v) is 3.81. The molecule has 1 unspecified atom stereocenters. The molecule has 0 aliphatic carbocycles. The zero-order valence-corrected chi connectivity index (χ0v) is 9.43. The molecule has 0 bridgehead atoms. The molecule has 1 fully saturated rings. The van der Waals surface area contributed by atoms with Gasteiger partial charge < -0.3 is 10.8 Å². The lowest BCUT2D eigenvalue weighted by Gasteiger charge is -2.10. The Morgan fingerprint density at radius 3 is 3.06 bits per heavy atom. The second-order valence-electron chi connectivity index (χ2n) is 3.43. The van der Waals surface area contributed by atoms with E-state index in [1.807, 2.05) is 0 Å². The van der Waals surface area contributed by atoms with Crippen LogP contribution in [0.3, 0.4) is 0 Å². The van der Waals surface area contributed by atoms with Crippen LogP contribution in [0.2, 0.25) is 0 Å². The van der Waals surface area contributed by atoms with Crippen LogP contribution in [0.15, 0.2) is 11.0 Å². The maximum absolute atomic E-state index is 13.2. The Hall–Kier alpha value is -1.16. The molecular formula is C8H11FN3O4S+. The van der Waals surface area contributed by atoms with Crippen molar-refractivity contribution in [2.75, 3.05) is 18.1 Å². The van der Waals surface area contributed by atoms with Gasteiger partial charge in [0.2, 0.25) is 0 Å². The zero-order valence-electron chi connectivity index (χ0n) is 8.62. The minimum absolute atomic E-state index is 0.107. The SMILES string of the molecule is Nc1nc(=O)n([C@H]2C[S+](O)[C@@H](CO)O2)cc1F. The van der Waals surface area contributed by atoms with Crippen molar-refractivity contribution in [3.8, 4) is 0 Å². The van der Waals surface area contributed by atoms with Crippen molar-refractivity contribution in [1.29, 1.82) is 0 Å². The lowest BCUT2D eigenvalue weighted by Crippen LogP contribution is -2.29. The summed E-state index contributed by atoms with van der Waals surface area (Å²) in [7, 11) is 0. The summed E-state index contributed by atoms with van der Waals surface area (Å²) in [5.74, 6) is -1.21. The van der Waals surface area contributed by atoms with Gasteiger partial charge in [0.1, 0.15) is 6.61 Å². The number of hydrogen-bond acceptors (Lipinski definition) is 6. The lowest BCUT2D eigenvalue weighted by molar-refractivity contribution is -0.00811. The number of anilines is 1. The molecule has 1 aromatic rings. The van der Waals surface area contributed by atoms with Crippen molar-refractivity contribution in [1.82, 2.24) is 9.55 Å². The molecule has 1 aromatic heterocycles. The van der Waals surface area contributed by atoms with Crippen molar-refractivity contribution in [3.63, 3.8) is 0 Å². The zero-order chi connectivity index (χ0) is 12.6. The van der Waals surface area contributed by atoms with E-state index in [2.05, 4.69) is 4.98 Å². The van der Waals surface area contributed by atoms with Gasteiger partial charge in [-0.25, -0.2) is 9.18 Å². The Bertz CT molecular complexity index is 482. The van der Waals surface area contributed by atoms with E-state index in [4.69, 9.17) is 15.6 Å². The molecule has 0 saturated carbocycles. The number of rotatable bonds is 2. The molecular weight excluding hydrogens is 253 g/mol. The highest BCUT2D eigenvalue weighted by molar-refractivity contribution is 7.92. The van der Waals surface area contributed by atoms with E-state index < -0.39 is 40.2 Å². The van der Waals surface area contributed by atoms with E-state index in [1.165, 1.54) is 0 Å². The fourth-order valence-corrected chi connectivity index (χ4v) is 2.65. The first-order chi connectivity index (χ1) is 8.02. The number of aliphatic hydroxyl groups is 1. The van der Waals surface area contributed by atoms with Crippen LogP contribution in [0, 0.1) is 5.82 Å². The van der Waals surface area contributed by atoms with Crippen LogP contribution in [0.4, 0.5) is 10.2 Å². The Balaban J connectivity index is 2.30. The maximum Gasteiger partial charge on any atom is 0.351 e. The summed E-state index contributed by atoms with van der Waals surface area (Å²) < 4.78 is 28.8. The second kappa shape index (κ2) is 4.61. The standard InChI is InChI=1S/C8H10FN3O4S/c9-4-1-12(8(14)11-7(4)10)5-3-17(15)6(2-13)16-5/h1,5-6,13,15H,2-3H2,(H-,10,11,14)/p+1/t5-,6+,17?/m1/s1. The first-order valence-electron chi connectivity index (χ1n) is 4.72. The van der Waals surface area contributed by atoms with Crippen LogP contribution in [-0.4, -0.2) is 37.0 Å². The Labute approximate surface area is 98.2 Å². The summed E-state index contributed by atoms with van der Waals surface area (Å²) in [6, 6.07) is 0. The summed E-state index contributed by atoms with van der Waals surface area (Å²) >= 11 is -1.17. The van der Waals surface area contributed by atoms with Crippen LogP contribution in [0.1, 0.15) is 6.23 Å². The van der Waals surface area contributed by atoms with Crippen molar-refractivity contribution in [2.45, 2.75) is 11.7 Å². The van der Waals surface area contributed by atoms with Gasteiger partial charge in [-0.2, -0.15) is 9.54 Å². The smallest absolute Gasteiger partial charge is 0.351 e. The summed E-state index contributed by atoms with van der Waals surface area (Å²) in [6.45, 7) is -0.365. The molecule has 0 amide bonds. The van der Waals surface area contributed by atoms with Crippen LogP contribution in [0.25, 0.3) is 0 Å². The number of halogens is 1. The van der Waals surface area contributed by atoms with Gasteiger partial charge in [0.25, 0.3) is 5.44 Å². The number of aliphatic hydroxyl groups excluding tert-OH is 1. The molecule has 0 aromatic carbocycles. The fourth-order valence-electron chi connectivity index (χ4n) is 1.47. The van der Waals surface area contributed by atoms with Gasteiger partial charge in [-0.15, -0.1) is 0 Å². The Morgan fingerprint density at radius 1 is 1.76 bits per heavy atom. The number of aromatic nitrogens is 2. The molecule has 3 atom stereocenters. The highest BCUT2D eigenvalue weighted by atomic mass is 32.2. The molecule has 7 nitrogen and oxygen atoms in total. The molecule has 17 heavy (non-hydrogen) atoms. The van der Waals surface area contributed by atoms with Gasteiger partial charge in [-0.05, 0) is 0 Å². The fraction of sp³-hybridized carbons (Fsp3) is 0.500. The molecule has 1 aliphatic heterocycles. The van der Waals surface area contributed by atoms with Gasteiger partial charge in [0.15, 0.2) is 34.8 Å². The average Bonchev–Trinajstić information content (AvgIpc) is 2.65. The average molecular weight is 264 g/mol. The summed E-state index contributed by atoms with van der Waals surface area (Å²) in [6.07, 6.45) is 0.0438. The molecule has 2 heterocycles. The van der Waals surface area contributed by atoms with Crippen LogP contribution in [0.5, 0.6) is 0 Å². The summed E-state index contributed by atoms with van der Waals surface area (Å²) in [5.41, 5.74) is 3.62. The quantitative estimate of drug-likeness (QED) is 0.585. The van der Waals surface area contributed by atoms with Gasteiger partial charge in [0, 0.05) is 0 Å². The van der Waals surface area contributed by atoms with Gasteiger partial charge in [-0.3, -0.25) is 9.30 Å². The first kappa shape index (κ1) is 12.3. The molecule has 1 saturated heterocycles. The topological polar surface area (TPSA) is 111 Å². The largest absolute Gasteiger partial charge is 0.388 e. The molecule has 4 N–H and O–H groups in total. The molecule has 9 heteroatoms. The normalized spacial score (nSPS) is 28.5. The molecule has 2 rings (SSSR count). The van der Waals surface area contributed by atoms with E-state index >= 15 is 0 Å². The van der Waals surface area contributed by atoms with E-state index in [9.17, 15) is 13.7 Å². The van der Waals surface area contributed by atoms with Crippen LogP contribution >= 0.6 is 0 Å². The molecule has 94 valence electrons. The minimum atomic E-state index is -1.17. The van der Waals surface area contributed by atoms with E-state index in [0.717, 1.165) is 10.8 Å². The van der Waals surface area contributed by atoms with E-state index in [-0.39, 0.29) is 12.4 Å². The van der Waals surface area contributed by atoms with E-state index in [0.29, 0.717) is 0 Å². The van der Waals surface area contributed by atoms with Crippen molar-refractivity contribution < 1.29 is 18.8 Å². The highest BCUT2D eigenvalue weighted by Gasteiger charge is 2.44. The Kier molecular flexibility index (Phi) is 3.33. The van der Waals surface area contributed by atoms with E-state index in [1.54, 1.807) is 0 Å². The molecule has 1 aliphatic rings. The molecule has 0 radical (unpaired) electrons. The number of nitrogens with zero attached hydrogens (tertiary/aromatic N) is 2. The number of nitrogen functional groups attached to an aromatic ring is 1. The second-order valence-corrected chi connectivity index (χ2v) is 5.10. The predicted octanol–water partition coefficient (Wildman–Crippen LogP) is -1.10. The van der Waals surface area contributed by atoms with Crippen molar-refractivity contribution in [2.24, 2.45) is 0 Å². The van der Waals surface area contributed by atoms with Gasteiger partial charge in [0.05, 0.1) is 6.20 Å². The predicted molar refractivity (Wildman–Crippen MR) is 58.7 cm³/mol. The monoisotopic (exact) mass is 264 g/mol. The van der Waals surface area contributed by atoms with Crippen molar-refractivity contribution in [3.05, 3.63) is 22.5 Å². The van der Waals surface area contributed by atoms with Crippen LogP contribution < -0.4 is 11.4 Å². The lowest BCUT2D eigenvalue weighted by atomic mass is 10.5. The van der Waals surface area contributed by atoms with Gasteiger partial charge in [-0.1, -0.05) is 0 Å². The highest BCUT2D eigenvalue weighted by Crippen LogP contribution is 2.25. The van der Waals surface area contributed by atoms with Crippen LogP contribution in [-0.2, 0) is 15.9 Å². The third kappa shape index (κ3) is 2.27. The van der Waals surface area contributed by atoms with Gasteiger partial charge >= 0.3 is 5.69 Å². The number of ether oxygens (including phenoxy) is 1.